The minimum absolute atomic E-state index is 0.0352. The number of esters is 1. The van der Waals surface area contributed by atoms with E-state index in [0.29, 0.717) is 6.54 Å². The van der Waals surface area contributed by atoms with E-state index in [4.69, 9.17) is 0 Å². The Bertz CT molecular complexity index is 226. The molecule has 1 aliphatic heterocycles. The van der Waals surface area contributed by atoms with Crippen molar-refractivity contribution in [1.82, 2.24) is 10.6 Å². The van der Waals surface area contributed by atoms with Crippen molar-refractivity contribution in [2.24, 2.45) is 5.92 Å². The first kappa shape index (κ1) is 11.0. The van der Waals surface area contributed by atoms with Crippen molar-refractivity contribution in [2.45, 2.75) is 19.4 Å². The van der Waals surface area contributed by atoms with Gasteiger partial charge in [0.2, 0.25) is 5.91 Å². The van der Waals surface area contributed by atoms with Crippen LogP contribution in [0.3, 0.4) is 0 Å². The highest BCUT2D eigenvalue weighted by atomic mass is 16.5. The number of carbonyl (C=O) groups excluding carboxylic acids is 2. The first-order valence-electron chi connectivity index (χ1n) is 4.74. The molecule has 1 unspecified atom stereocenters. The van der Waals surface area contributed by atoms with Crippen LogP contribution in [0.25, 0.3) is 0 Å². The molecule has 14 heavy (non-hydrogen) atoms. The maximum absolute atomic E-state index is 11.3. The van der Waals surface area contributed by atoms with E-state index in [2.05, 4.69) is 15.4 Å². The normalized spacial score (nSPS) is 22.0. The summed E-state index contributed by atoms with van der Waals surface area (Å²) in [6, 6.07) is -0.0696. The highest BCUT2D eigenvalue weighted by Crippen LogP contribution is 2.02. The van der Waals surface area contributed by atoms with Gasteiger partial charge in [-0.2, -0.15) is 0 Å². The summed E-state index contributed by atoms with van der Waals surface area (Å²) in [6.07, 6.45) is 0.873. The second kappa shape index (κ2) is 4.95. The Labute approximate surface area is 83.2 Å². The molecule has 2 N–H and O–H groups in total. The molecule has 80 valence electrons. The van der Waals surface area contributed by atoms with E-state index >= 15 is 0 Å². The van der Waals surface area contributed by atoms with Gasteiger partial charge in [-0.15, -0.1) is 0 Å². The summed E-state index contributed by atoms with van der Waals surface area (Å²) >= 11 is 0. The fourth-order valence-electron chi connectivity index (χ4n) is 1.17. The van der Waals surface area contributed by atoms with Crippen molar-refractivity contribution in [3.05, 3.63) is 0 Å². The van der Waals surface area contributed by atoms with Gasteiger partial charge in [-0.25, -0.2) is 0 Å². The SMILES string of the molecule is COC(=O)C(C)CNC(=O)[C@H]1CCN1. The van der Waals surface area contributed by atoms with Gasteiger partial charge in [-0.05, 0) is 13.0 Å². The summed E-state index contributed by atoms with van der Waals surface area (Å²) in [4.78, 5) is 22.3. The van der Waals surface area contributed by atoms with E-state index in [9.17, 15) is 9.59 Å². The highest BCUT2D eigenvalue weighted by Gasteiger charge is 2.25. The van der Waals surface area contributed by atoms with Crippen LogP contribution in [0, 0.1) is 5.92 Å². The third-order valence-electron chi connectivity index (χ3n) is 2.33. The number of methoxy groups -OCH3 is 1. The van der Waals surface area contributed by atoms with Crippen molar-refractivity contribution in [1.29, 1.82) is 0 Å². The molecule has 0 spiro atoms. The summed E-state index contributed by atoms with van der Waals surface area (Å²) in [5.74, 6) is -0.622. The number of hydrogen-bond donors (Lipinski definition) is 2. The van der Waals surface area contributed by atoms with Gasteiger partial charge in [0.05, 0.1) is 19.1 Å². The fraction of sp³-hybridized carbons (Fsp3) is 0.778. The van der Waals surface area contributed by atoms with Crippen molar-refractivity contribution in [2.75, 3.05) is 20.2 Å². The molecular weight excluding hydrogens is 184 g/mol. The molecule has 1 aliphatic rings. The Morgan fingerprint density at radius 1 is 1.64 bits per heavy atom. The van der Waals surface area contributed by atoms with Crippen molar-refractivity contribution < 1.29 is 14.3 Å². The lowest BCUT2D eigenvalue weighted by Gasteiger charge is -2.26. The number of amides is 1. The molecule has 0 aromatic carbocycles. The Kier molecular flexibility index (Phi) is 3.88. The van der Waals surface area contributed by atoms with E-state index < -0.39 is 0 Å². The minimum atomic E-state index is -0.299. The smallest absolute Gasteiger partial charge is 0.310 e. The molecule has 5 nitrogen and oxygen atoms in total. The van der Waals surface area contributed by atoms with Gasteiger partial charge in [0.1, 0.15) is 0 Å². The summed E-state index contributed by atoms with van der Waals surface area (Å²) < 4.78 is 4.54. The third-order valence-corrected chi connectivity index (χ3v) is 2.33. The van der Waals surface area contributed by atoms with Crippen molar-refractivity contribution >= 4 is 11.9 Å². The Morgan fingerprint density at radius 2 is 2.29 bits per heavy atom. The number of ether oxygens (including phenoxy) is 1. The number of nitrogens with one attached hydrogen (secondary N) is 2. The zero-order valence-corrected chi connectivity index (χ0v) is 8.50. The van der Waals surface area contributed by atoms with Gasteiger partial charge in [0, 0.05) is 6.54 Å². The predicted octanol–water partition coefficient (Wildman–Crippen LogP) is -0.726. The van der Waals surface area contributed by atoms with Crippen molar-refractivity contribution in [3.63, 3.8) is 0 Å². The van der Waals surface area contributed by atoms with Gasteiger partial charge in [0.15, 0.2) is 0 Å². The minimum Gasteiger partial charge on any atom is -0.469 e. The first-order chi connectivity index (χ1) is 6.65. The van der Waals surface area contributed by atoms with E-state index in [1.54, 1.807) is 6.92 Å². The van der Waals surface area contributed by atoms with Crippen LogP contribution < -0.4 is 10.6 Å². The summed E-state index contributed by atoms with van der Waals surface area (Å²) in [5.41, 5.74) is 0. The molecular formula is C9H16N2O3. The maximum Gasteiger partial charge on any atom is 0.310 e. The zero-order valence-electron chi connectivity index (χ0n) is 8.50. The molecule has 0 bridgehead atoms. The molecule has 1 rings (SSSR count). The average Bonchev–Trinajstić information content (AvgIpc) is 2.10. The van der Waals surface area contributed by atoms with Crippen LogP contribution in [0.1, 0.15) is 13.3 Å². The molecule has 1 fully saturated rings. The predicted molar refractivity (Wildman–Crippen MR) is 50.6 cm³/mol. The van der Waals surface area contributed by atoms with Crippen LogP contribution in [0.5, 0.6) is 0 Å². The molecule has 0 aliphatic carbocycles. The van der Waals surface area contributed by atoms with Crippen LogP contribution in [0.2, 0.25) is 0 Å². The average molecular weight is 200 g/mol. The number of rotatable bonds is 4. The molecule has 0 aromatic rings. The monoisotopic (exact) mass is 200 g/mol. The van der Waals surface area contributed by atoms with E-state index in [1.807, 2.05) is 0 Å². The van der Waals surface area contributed by atoms with Crippen LogP contribution >= 0.6 is 0 Å². The quantitative estimate of drug-likeness (QED) is 0.587. The summed E-state index contributed by atoms with van der Waals surface area (Å²) in [7, 11) is 1.34. The van der Waals surface area contributed by atoms with E-state index in [1.165, 1.54) is 7.11 Å². The second-order valence-electron chi connectivity index (χ2n) is 3.46. The van der Waals surface area contributed by atoms with E-state index in [-0.39, 0.29) is 23.8 Å². The Morgan fingerprint density at radius 3 is 2.71 bits per heavy atom. The number of hydrogen-bond acceptors (Lipinski definition) is 4. The van der Waals surface area contributed by atoms with Gasteiger partial charge < -0.3 is 15.4 Å². The van der Waals surface area contributed by atoms with Gasteiger partial charge in [0.25, 0.3) is 0 Å². The Hall–Kier alpha value is -1.10. The maximum atomic E-state index is 11.3. The molecule has 1 heterocycles. The fourth-order valence-corrected chi connectivity index (χ4v) is 1.17. The molecule has 0 aromatic heterocycles. The molecule has 0 saturated carbocycles. The summed E-state index contributed by atoms with van der Waals surface area (Å²) in [5, 5.41) is 5.68. The third kappa shape index (κ3) is 2.70. The lowest BCUT2D eigenvalue weighted by atomic mass is 10.1. The lowest BCUT2D eigenvalue weighted by molar-refractivity contribution is -0.144. The molecule has 1 saturated heterocycles. The number of carbonyl (C=O) groups is 2. The topological polar surface area (TPSA) is 67.4 Å². The van der Waals surface area contributed by atoms with Crippen LogP contribution in [-0.4, -0.2) is 38.1 Å². The van der Waals surface area contributed by atoms with Gasteiger partial charge >= 0.3 is 5.97 Å². The largest absolute Gasteiger partial charge is 0.469 e. The van der Waals surface area contributed by atoms with Gasteiger partial charge in [-0.3, -0.25) is 9.59 Å². The second-order valence-corrected chi connectivity index (χ2v) is 3.46. The zero-order chi connectivity index (χ0) is 10.6. The first-order valence-corrected chi connectivity index (χ1v) is 4.74. The van der Waals surface area contributed by atoms with Crippen LogP contribution in [0.4, 0.5) is 0 Å². The highest BCUT2D eigenvalue weighted by molar-refractivity contribution is 5.83. The van der Waals surface area contributed by atoms with Crippen LogP contribution in [-0.2, 0) is 14.3 Å². The van der Waals surface area contributed by atoms with E-state index in [0.717, 1.165) is 13.0 Å². The lowest BCUT2D eigenvalue weighted by Crippen LogP contribution is -2.53. The Balaban J connectivity index is 2.18. The molecule has 2 atom stereocenters. The molecule has 1 amide bonds. The molecule has 0 radical (unpaired) electrons. The summed E-state index contributed by atoms with van der Waals surface area (Å²) in [6.45, 7) is 2.95. The van der Waals surface area contributed by atoms with Crippen molar-refractivity contribution in [3.8, 4) is 0 Å². The van der Waals surface area contributed by atoms with Crippen LogP contribution in [0.15, 0.2) is 0 Å². The van der Waals surface area contributed by atoms with Gasteiger partial charge in [-0.1, -0.05) is 6.92 Å². The molecule has 5 heteroatoms. The standard InChI is InChI=1S/C9H16N2O3/c1-6(9(13)14-2)5-11-8(12)7-3-4-10-7/h6-7,10H,3-5H2,1-2H3,(H,11,12)/t6?,7-/m1/s1.